The molecule has 1 amide bonds. The molecule has 2 aromatic rings. The van der Waals surface area contributed by atoms with Crippen LogP contribution in [-0.2, 0) is 11.2 Å². The average Bonchev–Trinajstić information content (AvgIpc) is 2.62. The van der Waals surface area contributed by atoms with Crippen molar-refractivity contribution in [2.75, 3.05) is 30.0 Å². The molecule has 4 nitrogen and oxygen atoms in total. The van der Waals surface area contributed by atoms with Crippen LogP contribution in [0.3, 0.4) is 0 Å². The van der Waals surface area contributed by atoms with E-state index in [1.165, 1.54) is 17.3 Å². The summed E-state index contributed by atoms with van der Waals surface area (Å²) >= 11 is 0. The highest BCUT2D eigenvalue weighted by atomic mass is 16.1. The Morgan fingerprint density at radius 1 is 1.11 bits per heavy atom. The quantitative estimate of drug-likeness (QED) is 0.427. The Morgan fingerprint density at radius 3 is 2.41 bits per heavy atom. The van der Waals surface area contributed by atoms with E-state index in [0.29, 0.717) is 17.3 Å². The van der Waals surface area contributed by atoms with Crippen LogP contribution in [0.5, 0.6) is 0 Å². The molecule has 0 radical (unpaired) electrons. The Morgan fingerprint density at radius 2 is 1.78 bits per heavy atom. The maximum atomic E-state index is 12.0. The van der Waals surface area contributed by atoms with Crippen LogP contribution < -0.4 is 16.0 Å². The number of nitrogens with zero attached hydrogens (tertiary/aromatic N) is 1. The van der Waals surface area contributed by atoms with Crippen molar-refractivity contribution in [2.45, 2.75) is 20.3 Å². The van der Waals surface area contributed by atoms with Gasteiger partial charge in [0.2, 0.25) is 5.91 Å². The highest BCUT2D eigenvalue weighted by Gasteiger charge is 2.03. The highest BCUT2D eigenvalue weighted by Crippen LogP contribution is 2.18. The number of allylic oxidation sites excluding steroid dienone is 3. The number of carbonyl (C=O) groups excluding carboxylic acids is 1. The van der Waals surface area contributed by atoms with Crippen LogP contribution in [0.1, 0.15) is 19.4 Å². The summed E-state index contributed by atoms with van der Waals surface area (Å²) in [5.41, 5.74) is 10.6. The van der Waals surface area contributed by atoms with Gasteiger partial charge in [-0.25, -0.2) is 0 Å². The number of para-hydroxylation sites is 2. The summed E-state index contributed by atoms with van der Waals surface area (Å²) in [5, 5.41) is 2.79. The Balaban J connectivity index is 1.90. The first kappa shape index (κ1) is 20.3. The fourth-order valence-corrected chi connectivity index (χ4v) is 2.86. The van der Waals surface area contributed by atoms with Gasteiger partial charge in [-0.3, -0.25) is 4.79 Å². The number of hydrogen-bond acceptors (Lipinski definition) is 3. The molecule has 0 saturated carbocycles. The molecule has 1 atom stereocenters. The molecule has 2 rings (SSSR count). The molecular formula is C23H29N3O. The van der Waals surface area contributed by atoms with E-state index < -0.39 is 0 Å². The third-order valence-corrected chi connectivity index (χ3v) is 4.27. The van der Waals surface area contributed by atoms with Crippen LogP contribution in [0.25, 0.3) is 0 Å². The van der Waals surface area contributed by atoms with E-state index >= 15 is 0 Å². The third kappa shape index (κ3) is 6.66. The van der Waals surface area contributed by atoms with E-state index in [2.05, 4.69) is 47.5 Å². The number of nitrogen functional groups attached to an aromatic ring is 1. The second-order valence-electron chi connectivity index (χ2n) is 7.06. The minimum Gasteiger partial charge on any atom is -0.397 e. The van der Waals surface area contributed by atoms with Gasteiger partial charge in [0.15, 0.2) is 0 Å². The van der Waals surface area contributed by atoms with Gasteiger partial charge in [-0.2, -0.15) is 0 Å². The van der Waals surface area contributed by atoms with Gasteiger partial charge in [0, 0.05) is 25.9 Å². The molecule has 3 N–H and O–H groups in total. The fourth-order valence-electron chi connectivity index (χ4n) is 2.86. The molecule has 0 bridgehead atoms. The van der Waals surface area contributed by atoms with E-state index in [0.717, 1.165) is 12.0 Å². The van der Waals surface area contributed by atoms with Crippen LogP contribution in [0.4, 0.5) is 17.1 Å². The zero-order chi connectivity index (χ0) is 19.8. The van der Waals surface area contributed by atoms with Gasteiger partial charge in [0.1, 0.15) is 0 Å². The number of benzene rings is 2. The molecule has 0 saturated heterocycles. The van der Waals surface area contributed by atoms with Gasteiger partial charge in [-0.15, -0.1) is 0 Å². The zero-order valence-electron chi connectivity index (χ0n) is 16.6. The summed E-state index contributed by atoms with van der Waals surface area (Å²) in [4.78, 5) is 14.1. The maximum absolute atomic E-state index is 12.0. The molecule has 1 unspecified atom stereocenters. The molecule has 0 fully saturated rings. The van der Waals surface area contributed by atoms with Gasteiger partial charge in [-0.05, 0) is 49.1 Å². The third-order valence-electron chi connectivity index (χ3n) is 4.27. The second-order valence-corrected chi connectivity index (χ2v) is 7.06. The summed E-state index contributed by atoms with van der Waals surface area (Å²) in [6.45, 7) is 4.19. The van der Waals surface area contributed by atoms with Crippen LogP contribution in [0.15, 0.2) is 72.3 Å². The number of anilines is 3. The van der Waals surface area contributed by atoms with Crippen molar-refractivity contribution in [3.8, 4) is 0 Å². The Hall–Kier alpha value is -3.01. The van der Waals surface area contributed by atoms with Crippen molar-refractivity contribution in [1.82, 2.24) is 0 Å². The molecule has 0 heterocycles. The van der Waals surface area contributed by atoms with Gasteiger partial charge < -0.3 is 16.0 Å². The number of carbonyl (C=O) groups is 1. The molecule has 0 spiro atoms. The van der Waals surface area contributed by atoms with Crippen molar-refractivity contribution in [2.24, 2.45) is 5.92 Å². The van der Waals surface area contributed by atoms with E-state index in [1.54, 1.807) is 12.1 Å². The van der Waals surface area contributed by atoms with E-state index in [-0.39, 0.29) is 5.91 Å². The van der Waals surface area contributed by atoms with Crippen LogP contribution >= 0.6 is 0 Å². The van der Waals surface area contributed by atoms with Gasteiger partial charge in [0.25, 0.3) is 0 Å². The van der Waals surface area contributed by atoms with Crippen LogP contribution in [-0.4, -0.2) is 20.0 Å². The fraction of sp³-hybridized carbons (Fsp3) is 0.261. The monoisotopic (exact) mass is 363 g/mol. The smallest absolute Gasteiger partial charge is 0.248 e. The van der Waals surface area contributed by atoms with Crippen LogP contribution in [0.2, 0.25) is 0 Å². The van der Waals surface area contributed by atoms with Gasteiger partial charge in [0.05, 0.1) is 11.4 Å². The summed E-state index contributed by atoms with van der Waals surface area (Å²) < 4.78 is 0. The molecule has 27 heavy (non-hydrogen) atoms. The first-order valence-electron chi connectivity index (χ1n) is 9.13. The lowest BCUT2D eigenvalue weighted by Gasteiger charge is -2.13. The minimum absolute atomic E-state index is 0.187. The first-order valence-corrected chi connectivity index (χ1v) is 9.13. The van der Waals surface area contributed by atoms with Gasteiger partial charge in [-0.1, -0.05) is 48.9 Å². The molecule has 0 aliphatic rings. The minimum atomic E-state index is -0.187. The Bertz CT molecular complexity index is 820. The molecule has 2 aromatic carbocycles. The molecule has 4 heteroatoms. The lowest BCUT2D eigenvalue weighted by atomic mass is 9.98. The zero-order valence-corrected chi connectivity index (χ0v) is 16.6. The number of nitrogens with one attached hydrogen (secondary N) is 1. The Labute approximate surface area is 162 Å². The predicted molar refractivity (Wildman–Crippen MR) is 116 cm³/mol. The highest BCUT2D eigenvalue weighted by molar-refractivity contribution is 6.01. The number of hydrogen-bond donors (Lipinski definition) is 2. The van der Waals surface area contributed by atoms with Crippen molar-refractivity contribution in [3.05, 3.63) is 77.9 Å². The molecule has 0 aromatic heterocycles. The number of amides is 1. The summed E-state index contributed by atoms with van der Waals surface area (Å²) in [7, 11) is 4.08. The topological polar surface area (TPSA) is 58.4 Å². The van der Waals surface area contributed by atoms with E-state index in [1.807, 2.05) is 39.2 Å². The number of rotatable bonds is 7. The molecule has 0 aliphatic heterocycles. The Kier molecular flexibility index (Phi) is 7.24. The maximum Gasteiger partial charge on any atom is 0.248 e. The van der Waals surface area contributed by atoms with Crippen molar-refractivity contribution in [3.63, 3.8) is 0 Å². The van der Waals surface area contributed by atoms with Crippen molar-refractivity contribution >= 4 is 23.0 Å². The van der Waals surface area contributed by atoms with Crippen molar-refractivity contribution < 1.29 is 4.79 Å². The molecule has 142 valence electrons. The van der Waals surface area contributed by atoms with E-state index in [4.69, 9.17) is 5.73 Å². The standard InChI is InChI=1S/C23H29N3O/c1-17(9-14-23(27)25-22-8-6-5-7-21(22)24)15-18(2)16-19-10-12-20(13-11-19)26(3)4/h5-15,18H,16,24H2,1-4H3,(H,25,27). The largest absolute Gasteiger partial charge is 0.397 e. The number of nitrogens with two attached hydrogens (primary N) is 1. The summed E-state index contributed by atoms with van der Waals surface area (Å²) in [6.07, 6.45) is 6.52. The lowest BCUT2D eigenvalue weighted by Crippen LogP contribution is -2.09. The lowest BCUT2D eigenvalue weighted by molar-refractivity contribution is -0.111. The normalized spacial score (nSPS) is 12.8. The predicted octanol–water partition coefficient (Wildman–Crippen LogP) is 4.65. The van der Waals surface area contributed by atoms with Crippen molar-refractivity contribution in [1.29, 1.82) is 0 Å². The second kappa shape index (κ2) is 9.62. The first-order chi connectivity index (χ1) is 12.8. The summed E-state index contributed by atoms with van der Waals surface area (Å²) in [5.74, 6) is 0.195. The molecular weight excluding hydrogens is 334 g/mol. The van der Waals surface area contributed by atoms with Gasteiger partial charge >= 0.3 is 0 Å². The summed E-state index contributed by atoms with van der Waals surface area (Å²) in [6, 6.07) is 15.8. The van der Waals surface area contributed by atoms with E-state index in [9.17, 15) is 4.79 Å². The van der Waals surface area contributed by atoms with Crippen LogP contribution in [0, 0.1) is 5.92 Å². The SMILES string of the molecule is CC(C=CC(=O)Nc1ccccc1N)=CC(C)Cc1ccc(N(C)C)cc1. The average molecular weight is 364 g/mol. The molecule has 0 aliphatic carbocycles.